The van der Waals surface area contributed by atoms with E-state index in [-0.39, 0.29) is 10.8 Å². The normalized spacial score (nSPS) is 16.1. The molecular formula is C20H23N3O3S. The van der Waals surface area contributed by atoms with Gasteiger partial charge in [0.2, 0.25) is 15.9 Å². The average molecular weight is 385 g/mol. The maximum Gasteiger partial charge on any atom is 0.248 e. The third kappa shape index (κ3) is 5.24. The maximum absolute atomic E-state index is 12.9. The molecule has 1 fully saturated rings. The lowest BCUT2D eigenvalue weighted by molar-refractivity contribution is -0.111. The van der Waals surface area contributed by atoms with E-state index >= 15 is 0 Å². The second kappa shape index (κ2) is 8.92. The molecule has 0 saturated carbocycles. The molecule has 3 rings (SSSR count). The van der Waals surface area contributed by atoms with Gasteiger partial charge in [-0.1, -0.05) is 25.0 Å². The monoisotopic (exact) mass is 385 g/mol. The molecule has 0 bridgehead atoms. The molecule has 27 heavy (non-hydrogen) atoms. The van der Waals surface area contributed by atoms with Gasteiger partial charge in [-0.25, -0.2) is 8.42 Å². The van der Waals surface area contributed by atoms with E-state index in [1.54, 1.807) is 46.9 Å². The zero-order valence-electron chi connectivity index (χ0n) is 15.0. The standard InChI is InChI=1S/C20H23N3O3S/c24-20(12-11-17-8-3-4-13-21-17)22-18-9-7-10-19(16-18)27(25,26)23-14-5-1-2-6-15-23/h3-4,7-13,16H,1-2,5-6,14-15H2,(H,22,24). The van der Waals surface area contributed by atoms with Crippen molar-refractivity contribution in [1.29, 1.82) is 0 Å². The number of aromatic nitrogens is 1. The minimum Gasteiger partial charge on any atom is -0.322 e. The highest BCUT2D eigenvalue weighted by molar-refractivity contribution is 7.89. The first-order valence-electron chi connectivity index (χ1n) is 9.06. The summed E-state index contributed by atoms with van der Waals surface area (Å²) in [5, 5.41) is 2.70. The van der Waals surface area contributed by atoms with E-state index in [1.807, 2.05) is 6.07 Å². The third-order valence-corrected chi connectivity index (χ3v) is 6.29. The van der Waals surface area contributed by atoms with Gasteiger partial charge in [-0.15, -0.1) is 0 Å². The summed E-state index contributed by atoms with van der Waals surface area (Å²) >= 11 is 0. The SMILES string of the molecule is O=C(C=Cc1ccccn1)Nc1cccc(S(=O)(=O)N2CCCCCC2)c1. The van der Waals surface area contributed by atoms with E-state index in [9.17, 15) is 13.2 Å². The summed E-state index contributed by atoms with van der Waals surface area (Å²) in [5.74, 6) is -0.343. The summed E-state index contributed by atoms with van der Waals surface area (Å²) in [6, 6.07) is 11.8. The first kappa shape index (κ1) is 19.3. The van der Waals surface area contributed by atoms with E-state index in [0.717, 1.165) is 25.7 Å². The van der Waals surface area contributed by atoms with Crippen molar-refractivity contribution in [3.8, 4) is 0 Å². The molecule has 142 valence electrons. The Morgan fingerprint density at radius 3 is 2.52 bits per heavy atom. The van der Waals surface area contributed by atoms with Gasteiger partial charge in [0.25, 0.3) is 0 Å². The number of hydrogen-bond acceptors (Lipinski definition) is 4. The highest BCUT2D eigenvalue weighted by Crippen LogP contribution is 2.22. The Bertz CT molecular complexity index is 903. The van der Waals surface area contributed by atoms with E-state index in [4.69, 9.17) is 0 Å². The van der Waals surface area contributed by atoms with Crippen LogP contribution in [-0.2, 0) is 14.8 Å². The molecule has 1 aliphatic heterocycles. The van der Waals surface area contributed by atoms with Crippen LogP contribution in [0, 0.1) is 0 Å². The van der Waals surface area contributed by atoms with Gasteiger partial charge in [0, 0.05) is 31.0 Å². The summed E-state index contributed by atoms with van der Waals surface area (Å²) in [4.78, 5) is 16.4. The molecule has 0 aliphatic carbocycles. The number of hydrogen-bond donors (Lipinski definition) is 1. The minimum absolute atomic E-state index is 0.205. The first-order chi connectivity index (χ1) is 13.1. The largest absolute Gasteiger partial charge is 0.322 e. The summed E-state index contributed by atoms with van der Waals surface area (Å²) in [6.07, 6.45) is 8.51. The number of pyridine rings is 1. The van der Waals surface area contributed by atoms with E-state index < -0.39 is 10.0 Å². The fraction of sp³-hybridized carbons (Fsp3) is 0.300. The smallest absolute Gasteiger partial charge is 0.248 e. The minimum atomic E-state index is -3.54. The lowest BCUT2D eigenvalue weighted by atomic mass is 10.2. The molecule has 0 spiro atoms. The molecule has 1 aromatic carbocycles. The Labute approximate surface area is 160 Å². The fourth-order valence-electron chi connectivity index (χ4n) is 2.98. The Morgan fingerprint density at radius 2 is 1.81 bits per heavy atom. The van der Waals surface area contributed by atoms with Gasteiger partial charge in [-0.05, 0) is 49.2 Å². The third-order valence-electron chi connectivity index (χ3n) is 4.40. The molecule has 1 aromatic heterocycles. The van der Waals surface area contributed by atoms with Crippen molar-refractivity contribution in [3.05, 3.63) is 60.4 Å². The average Bonchev–Trinajstić information content (AvgIpc) is 2.97. The predicted octanol–water partition coefficient (Wildman–Crippen LogP) is 3.30. The lowest BCUT2D eigenvalue weighted by Gasteiger charge is -2.20. The number of carbonyl (C=O) groups excluding carboxylic acids is 1. The molecule has 1 aliphatic rings. The molecule has 7 heteroatoms. The molecule has 1 amide bonds. The topological polar surface area (TPSA) is 79.4 Å². The molecular weight excluding hydrogens is 362 g/mol. The van der Waals surface area contributed by atoms with Crippen LogP contribution in [-0.4, -0.2) is 36.7 Å². The van der Waals surface area contributed by atoms with Crippen molar-refractivity contribution in [2.75, 3.05) is 18.4 Å². The van der Waals surface area contributed by atoms with E-state index in [2.05, 4.69) is 10.3 Å². The molecule has 0 atom stereocenters. The first-order valence-corrected chi connectivity index (χ1v) is 10.5. The number of carbonyl (C=O) groups is 1. The van der Waals surface area contributed by atoms with Crippen molar-refractivity contribution >= 4 is 27.7 Å². The van der Waals surface area contributed by atoms with E-state index in [0.29, 0.717) is 24.5 Å². The van der Waals surface area contributed by atoms with Crippen LogP contribution in [0.5, 0.6) is 0 Å². The number of amides is 1. The van der Waals surface area contributed by atoms with Gasteiger partial charge in [-0.2, -0.15) is 4.31 Å². The van der Waals surface area contributed by atoms with Crippen LogP contribution in [0.2, 0.25) is 0 Å². The fourth-order valence-corrected chi connectivity index (χ4v) is 4.55. The zero-order valence-corrected chi connectivity index (χ0v) is 15.9. The maximum atomic E-state index is 12.9. The molecule has 1 saturated heterocycles. The second-order valence-electron chi connectivity index (χ2n) is 6.42. The van der Waals surface area contributed by atoms with Crippen LogP contribution in [0.25, 0.3) is 6.08 Å². The Hall–Kier alpha value is -2.51. The van der Waals surface area contributed by atoms with Gasteiger partial charge in [0.15, 0.2) is 0 Å². The van der Waals surface area contributed by atoms with Gasteiger partial charge >= 0.3 is 0 Å². The summed E-state index contributed by atoms with van der Waals surface area (Å²) in [5.41, 5.74) is 1.12. The van der Waals surface area contributed by atoms with Crippen LogP contribution in [0.4, 0.5) is 5.69 Å². The van der Waals surface area contributed by atoms with Gasteiger partial charge in [0.1, 0.15) is 0 Å². The van der Waals surface area contributed by atoms with Crippen LogP contribution in [0.15, 0.2) is 59.6 Å². The highest BCUT2D eigenvalue weighted by atomic mass is 32.2. The van der Waals surface area contributed by atoms with Crippen molar-refractivity contribution in [2.24, 2.45) is 0 Å². The summed E-state index contributed by atoms with van der Waals surface area (Å²) in [7, 11) is -3.54. The summed E-state index contributed by atoms with van der Waals surface area (Å²) < 4.78 is 27.3. The van der Waals surface area contributed by atoms with Gasteiger partial charge in [-0.3, -0.25) is 9.78 Å². The number of anilines is 1. The Morgan fingerprint density at radius 1 is 1.04 bits per heavy atom. The molecule has 0 unspecified atom stereocenters. The second-order valence-corrected chi connectivity index (χ2v) is 8.36. The highest BCUT2D eigenvalue weighted by Gasteiger charge is 2.25. The van der Waals surface area contributed by atoms with Crippen molar-refractivity contribution in [1.82, 2.24) is 9.29 Å². The molecule has 1 N–H and O–H groups in total. The molecule has 0 radical (unpaired) electrons. The molecule has 2 aromatic rings. The zero-order chi connectivity index (χ0) is 19.1. The van der Waals surface area contributed by atoms with Crippen LogP contribution in [0.1, 0.15) is 31.4 Å². The number of nitrogens with one attached hydrogen (secondary N) is 1. The van der Waals surface area contributed by atoms with Crippen molar-refractivity contribution in [2.45, 2.75) is 30.6 Å². The number of nitrogens with zero attached hydrogens (tertiary/aromatic N) is 2. The quantitative estimate of drug-likeness (QED) is 0.801. The number of benzene rings is 1. The van der Waals surface area contributed by atoms with Crippen LogP contribution < -0.4 is 5.32 Å². The van der Waals surface area contributed by atoms with Crippen molar-refractivity contribution in [3.63, 3.8) is 0 Å². The van der Waals surface area contributed by atoms with Crippen LogP contribution in [0.3, 0.4) is 0 Å². The molecule has 2 heterocycles. The number of rotatable bonds is 5. The molecule has 6 nitrogen and oxygen atoms in total. The van der Waals surface area contributed by atoms with Gasteiger partial charge in [0.05, 0.1) is 10.6 Å². The number of sulfonamides is 1. The van der Waals surface area contributed by atoms with E-state index in [1.165, 1.54) is 12.1 Å². The van der Waals surface area contributed by atoms with Gasteiger partial charge < -0.3 is 5.32 Å². The van der Waals surface area contributed by atoms with Crippen LogP contribution >= 0.6 is 0 Å². The Balaban J connectivity index is 1.71. The Kier molecular flexibility index (Phi) is 6.36. The predicted molar refractivity (Wildman–Crippen MR) is 106 cm³/mol. The lowest BCUT2D eigenvalue weighted by Crippen LogP contribution is -2.32. The van der Waals surface area contributed by atoms with Crippen molar-refractivity contribution < 1.29 is 13.2 Å². The summed E-state index contributed by atoms with van der Waals surface area (Å²) in [6.45, 7) is 1.09.